The molecule has 0 amide bonds. The van der Waals surface area contributed by atoms with Crippen molar-refractivity contribution in [2.75, 3.05) is 0 Å². The third-order valence-corrected chi connectivity index (χ3v) is 14.7. The van der Waals surface area contributed by atoms with E-state index < -0.39 is 7.25 Å². The molecule has 0 atom stereocenters. The number of rotatable bonds is 5. The Morgan fingerprint density at radius 3 is 1.28 bits per heavy atom. The quantitative estimate of drug-likeness (QED) is 0.0969. The van der Waals surface area contributed by atoms with Gasteiger partial charge in [-0.2, -0.15) is 0 Å². The Bertz CT molecular complexity index is 824. The van der Waals surface area contributed by atoms with Crippen LogP contribution in [-0.4, -0.2) is 27.9 Å². The third kappa shape index (κ3) is 14.8. The van der Waals surface area contributed by atoms with E-state index in [2.05, 4.69) is 117 Å². The predicted octanol–water partition coefficient (Wildman–Crippen LogP) is 11.6. The van der Waals surface area contributed by atoms with Gasteiger partial charge in [0.1, 0.15) is 0 Å². The Balaban J connectivity index is -0.00000145. The minimum absolute atomic E-state index is 0. The number of hydrogen-bond donors (Lipinski definition) is 0. The van der Waals surface area contributed by atoms with Gasteiger partial charge in [-0.3, -0.25) is 0 Å². The molecule has 1 aromatic carbocycles. The summed E-state index contributed by atoms with van der Waals surface area (Å²) in [6, 6.07) is 0. The average molecular weight is 682 g/mol. The van der Waals surface area contributed by atoms with Crippen molar-refractivity contribution >= 4 is 23.1 Å². The van der Waals surface area contributed by atoms with Gasteiger partial charge in [-0.25, -0.2) is 0 Å². The van der Waals surface area contributed by atoms with E-state index in [1.54, 1.807) is 27.8 Å². The van der Waals surface area contributed by atoms with Crippen LogP contribution in [0.15, 0.2) is 0 Å². The number of hydrogen-bond acceptors (Lipinski definition) is 0. The molecule has 0 bridgehead atoms. The number of halogens is 4. The Hall–Kier alpha value is 0.228. The van der Waals surface area contributed by atoms with E-state index in [0.717, 1.165) is 6.42 Å². The Morgan fingerprint density at radius 2 is 1.03 bits per heavy atom. The average Bonchev–Trinajstić information content (AvgIpc) is 2.66. The fraction of sp³-hybridized carbons (Fsp3) is 0.767. The number of benzene rings is 1. The fourth-order valence-electron chi connectivity index (χ4n) is 5.50. The van der Waals surface area contributed by atoms with Crippen LogP contribution in [0.2, 0.25) is 0 Å². The largest absolute Gasteiger partial charge is 0 e. The van der Waals surface area contributed by atoms with Crippen molar-refractivity contribution in [1.82, 2.24) is 0 Å². The Morgan fingerprint density at radius 1 is 0.718 bits per heavy atom. The molecule has 39 heavy (non-hydrogen) atoms. The molecule has 0 saturated carbocycles. The molecule has 0 spiro atoms. The molecule has 0 aliphatic heterocycles. The van der Waals surface area contributed by atoms with Crippen molar-refractivity contribution in [3.63, 3.8) is 0 Å². The summed E-state index contributed by atoms with van der Waals surface area (Å²) < 4.78 is 46.5. The van der Waals surface area contributed by atoms with Crippen molar-refractivity contribution in [3.8, 4) is 0 Å². The summed E-state index contributed by atoms with van der Waals surface area (Å²) in [5.41, 5.74) is 9.73. The maximum Gasteiger partial charge on any atom is 0 e. The van der Waals surface area contributed by atoms with Crippen molar-refractivity contribution in [2.45, 2.75) is 150 Å². The fourth-order valence-corrected chi connectivity index (χ4v) is 12.9. The van der Waals surface area contributed by atoms with E-state index in [4.69, 9.17) is 4.65 Å². The van der Waals surface area contributed by atoms with E-state index >= 15 is 0 Å². The molecule has 0 unspecified atom stereocenters. The zero-order valence-corrected chi connectivity index (χ0v) is 30.8. The van der Waals surface area contributed by atoms with Crippen LogP contribution >= 0.6 is 15.8 Å². The predicted molar refractivity (Wildman–Crippen MR) is 164 cm³/mol. The molecule has 9 heteroatoms. The van der Waals surface area contributed by atoms with Gasteiger partial charge in [-0.1, -0.05) is 132 Å². The monoisotopic (exact) mass is 682 g/mol. The molecule has 0 fully saturated rings. The van der Waals surface area contributed by atoms with Crippen LogP contribution in [0.25, 0.3) is 0 Å². The third-order valence-electron chi connectivity index (χ3n) is 6.98. The van der Waals surface area contributed by atoms with Crippen LogP contribution in [0.3, 0.4) is 0 Å². The minimum atomic E-state index is -6.00. The van der Waals surface area contributed by atoms with Gasteiger partial charge in [0.2, 0.25) is 0 Å². The molecule has 0 aliphatic carbocycles. The van der Waals surface area contributed by atoms with Crippen LogP contribution in [0.5, 0.6) is 0 Å². The molecule has 1 rings (SSSR count). The van der Waals surface area contributed by atoms with E-state index in [1.807, 2.05) is 0 Å². The van der Waals surface area contributed by atoms with Crippen molar-refractivity contribution < 1.29 is 41.4 Å². The van der Waals surface area contributed by atoms with Gasteiger partial charge in [-0.15, -0.1) is 0 Å². The molecule has 0 saturated heterocycles. The minimum Gasteiger partial charge on any atom is 0 e. The van der Waals surface area contributed by atoms with Gasteiger partial charge < -0.3 is 17.3 Å². The molecule has 231 valence electrons. The van der Waals surface area contributed by atoms with Crippen molar-refractivity contribution in [3.05, 3.63) is 40.0 Å². The Kier molecular flexibility index (Phi) is 18.1. The SMILES string of the molecule is CC[c-]1c(CP(C(C)(C)C)C(C)(C)C)c(C)c(C)c(C)[c+]1CP(C(C)(C)C)C(C)(C)C.F[B-](F)(F)F.[C-]#[O+].[Rh]. The summed E-state index contributed by atoms with van der Waals surface area (Å²) in [5.74, 6) is 0. The van der Waals surface area contributed by atoms with Gasteiger partial charge in [0.05, 0.1) is 0 Å². The summed E-state index contributed by atoms with van der Waals surface area (Å²) in [4.78, 5) is 0. The van der Waals surface area contributed by atoms with Gasteiger partial charge >= 0.3 is 18.6 Å². The van der Waals surface area contributed by atoms with Crippen LogP contribution in [0.4, 0.5) is 17.3 Å². The van der Waals surface area contributed by atoms with Crippen molar-refractivity contribution in [1.29, 1.82) is 0 Å². The van der Waals surface area contributed by atoms with Crippen LogP contribution in [0, 0.1) is 27.4 Å². The smallest absolute Gasteiger partial charge is 0 e. The van der Waals surface area contributed by atoms with Crippen molar-refractivity contribution in [2.24, 2.45) is 0 Å². The summed E-state index contributed by atoms with van der Waals surface area (Å²) in [6.45, 7) is 43.6. The zero-order valence-electron chi connectivity index (χ0n) is 27.3. The molecule has 0 N–H and O–H groups in total. The standard InChI is InChI=1S/C29H54P2.CO.BF4.Rh/c1-17-23-24(18-30(26(5,6)7)27(8,9)10)21(3)20(2)22(4)25(23)19-31(28(11,12)13)29(14,15)16;1-2;2-1(3,4)5;/h17-19H2,1-16H3;;;/q;;-1;. The van der Waals surface area contributed by atoms with Gasteiger partial charge in [0, 0.05) is 31.8 Å². The second-order valence-electron chi connectivity index (χ2n) is 14.0. The summed E-state index contributed by atoms with van der Waals surface area (Å²) in [5, 5.41) is 1.42. The van der Waals surface area contributed by atoms with Crippen LogP contribution < -0.4 is 0 Å². The van der Waals surface area contributed by atoms with Gasteiger partial charge in [-0.05, 0) is 55.4 Å². The molecular formula is C30H54BF4OP2Rh-. The first kappa shape index (κ1) is 43.7. The molecule has 0 heterocycles. The van der Waals surface area contributed by atoms with E-state index in [-0.39, 0.29) is 35.3 Å². The molecule has 1 radical (unpaired) electrons. The van der Waals surface area contributed by atoms with Gasteiger partial charge in [0.15, 0.2) is 0 Å². The van der Waals surface area contributed by atoms with E-state index in [0.29, 0.717) is 20.6 Å². The second kappa shape index (κ2) is 16.2. The first-order chi connectivity index (χ1) is 16.6. The van der Waals surface area contributed by atoms with Crippen LogP contribution in [0.1, 0.15) is 123 Å². The van der Waals surface area contributed by atoms with E-state index in [9.17, 15) is 17.3 Å². The molecule has 1 aromatic rings. The molecule has 1 nitrogen and oxygen atoms in total. The second-order valence-corrected chi connectivity index (χ2v) is 21.7. The normalized spacial score (nSPS) is 12.8. The first-order valence-electron chi connectivity index (χ1n) is 13.4. The van der Waals surface area contributed by atoms with E-state index in [1.165, 1.54) is 17.9 Å². The molecule has 0 aliphatic rings. The topological polar surface area (TPSA) is 19.9 Å². The maximum absolute atomic E-state index is 9.75. The zero-order chi connectivity index (χ0) is 31.2. The maximum atomic E-state index is 9.75. The summed E-state index contributed by atoms with van der Waals surface area (Å²) in [7, 11) is -6.30. The molecular weight excluding hydrogens is 628 g/mol. The summed E-state index contributed by atoms with van der Waals surface area (Å²) >= 11 is 0. The first-order valence-corrected chi connectivity index (χ1v) is 16.4. The van der Waals surface area contributed by atoms with Crippen LogP contribution in [-0.2, 0) is 42.9 Å². The molecule has 0 aromatic heterocycles. The summed E-state index contributed by atoms with van der Waals surface area (Å²) in [6.07, 6.45) is 3.67. The Labute approximate surface area is 253 Å². The van der Waals surface area contributed by atoms with Gasteiger partial charge in [0.25, 0.3) is 0 Å².